The zero-order valence-corrected chi connectivity index (χ0v) is 19.2. The molecular formula is C23H36N2O5. The Bertz CT molecular complexity index is 702. The van der Waals surface area contributed by atoms with Crippen LogP contribution in [0.5, 0.6) is 5.75 Å². The van der Waals surface area contributed by atoms with Crippen LogP contribution < -0.4 is 15.4 Å². The van der Waals surface area contributed by atoms with Gasteiger partial charge in [-0.1, -0.05) is 12.1 Å². The summed E-state index contributed by atoms with van der Waals surface area (Å²) in [7, 11) is 0. The number of carbonyl (C=O) groups excluding carboxylic acids is 3. The number of esters is 1. The number of rotatable bonds is 10. The summed E-state index contributed by atoms with van der Waals surface area (Å²) in [5, 5.41) is 5.42. The fourth-order valence-corrected chi connectivity index (χ4v) is 2.73. The van der Waals surface area contributed by atoms with Crippen LogP contribution in [0.2, 0.25) is 0 Å². The fraction of sp³-hybridized carbons (Fsp3) is 0.609. The highest BCUT2D eigenvalue weighted by Crippen LogP contribution is 2.19. The van der Waals surface area contributed by atoms with Gasteiger partial charge in [0.15, 0.2) is 0 Å². The van der Waals surface area contributed by atoms with Gasteiger partial charge < -0.3 is 20.1 Å². The Morgan fingerprint density at radius 3 is 2.13 bits per heavy atom. The van der Waals surface area contributed by atoms with Gasteiger partial charge >= 0.3 is 5.97 Å². The Labute approximate surface area is 179 Å². The number of nitrogens with one attached hydrogen (secondary N) is 2. The van der Waals surface area contributed by atoms with Crippen LogP contribution in [0, 0.1) is 0 Å². The van der Waals surface area contributed by atoms with Crippen molar-refractivity contribution in [2.45, 2.75) is 91.0 Å². The van der Waals surface area contributed by atoms with E-state index in [4.69, 9.17) is 9.47 Å². The Balaban J connectivity index is 2.61. The molecule has 1 aromatic carbocycles. The first-order valence-electron chi connectivity index (χ1n) is 10.3. The number of carbonyl (C=O) groups is 3. The van der Waals surface area contributed by atoms with E-state index in [1.807, 2.05) is 72.7 Å². The van der Waals surface area contributed by atoms with Crippen LogP contribution in [0.1, 0.15) is 66.9 Å². The number of hydrogen-bond acceptors (Lipinski definition) is 5. The molecule has 0 aliphatic heterocycles. The third-order valence-corrected chi connectivity index (χ3v) is 3.96. The zero-order chi connectivity index (χ0) is 22.9. The highest BCUT2D eigenvalue weighted by atomic mass is 16.6. The van der Waals surface area contributed by atoms with Crippen LogP contribution in [0.3, 0.4) is 0 Å². The molecule has 2 amide bonds. The molecule has 0 spiro atoms. The Hall–Kier alpha value is -2.57. The summed E-state index contributed by atoms with van der Waals surface area (Å²) in [6, 6.07) is 6.50. The molecule has 0 aromatic heterocycles. The molecule has 168 valence electrons. The van der Waals surface area contributed by atoms with Gasteiger partial charge in [-0.25, -0.2) is 0 Å². The molecule has 0 aliphatic carbocycles. The molecule has 0 aliphatic rings. The minimum absolute atomic E-state index is 0.208. The van der Waals surface area contributed by atoms with Crippen LogP contribution in [-0.4, -0.2) is 41.6 Å². The van der Waals surface area contributed by atoms with Crippen LogP contribution in [-0.2, 0) is 25.5 Å². The average molecular weight is 421 g/mol. The summed E-state index contributed by atoms with van der Waals surface area (Å²) in [5.41, 5.74) is 0.0706. The highest BCUT2D eigenvalue weighted by Gasteiger charge is 2.22. The monoisotopic (exact) mass is 420 g/mol. The van der Waals surface area contributed by atoms with Crippen molar-refractivity contribution in [1.29, 1.82) is 0 Å². The Morgan fingerprint density at radius 1 is 1.03 bits per heavy atom. The summed E-state index contributed by atoms with van der Waals surface area (Å²) in [5.74, 6) is 0.143. The topological polar surface area (TPSA) is 93.7 Å². The van der Waals surface area contributed by atoms with Crippen LogP contribution in [0.15, 0.2) is 24.3 Å². The lowest BCUT2D eigenvalue weighted by Crippen LogP contribution is -2.48. The van der Waals surface area contributed by atoms with Crippen LogP contribution in [0.25, 0.3) is 0 Å². The predicted octanol–water partition coefficient (Wildman–Crippen LogP) is 3.15. The van der Waals surface area contributed by atoms with Gasteiger partial charge in [0.1, 0.15) is 23.0 Å². The number of benzene rings is 1. The molecular weight excluding hydrogens is 384 g/mol. The summed E-state index contributed by atoms with van der Waals surface area (Å²) >= 11 is 0. The standard InChI is InChI=1S/C23H36N2O5/c1-16(8-13-20(27)30-23(5,6)7)25-21(28)19(24-15-26)14-17-9-11-18(12-10-17)29-22(2,3)4/h9-12,15-16,19H,8,13-14H2,1-7H3,(H,24,26)(H,25,28)/t16?,19-/m0/s1. The second kappa shape index (κ2) is 11.0. The number of ether oxygens (including phenoxy) is 2. The van der Waals surface area contributed by atoms with E-state index in [1.54, 1.807) is 0 Å². The first-order chi connectivity index (χ1) is 13.8. The molecule has 7 heteroatoms. The third-order valence-electron chi connectivity index (χ3n) is 3.96. The van der Waals surface area contributed by atoms with Gasteiger partial charge in [0.2, 0.25) is 12.3 Å². The summed E-state index contributed by atoms with van der Waals surface area (Å²) in [6.07, 6.45) is 1.53. The van der Waals surface area contributed by atoms with Crippen molar-refractivity contribution in [1.82, 2.24) is 10.6 Å². The average Bonchev–Trinajstić information content (AvgIpc) is 2.58. The fourth-order valence-electron chi connectivity index (χ4n) is 2.73. The molecule has 0 bridgehead atoms. The summed E-state index contributed by atoms with van der Waals surface area (Å²) < 4.78 is 11.1. The van der Waals surface area contributed by atoms with E-state index in [1.165, 1.54) is 0 Å². The second-order valence-electron chi connectivity index (χ2n) is 9.43. The van der Waals surface area contributed by atoms with E-state index in [-0.39, 0.29) is 29.9 Å². The zero-order valence-electron chi connectivity index (χ0n) is 19.2. The molecule has 7 nitrogen and oxygen atoms in total. The molecule has 1 aromatic rings. The molecule has 0 fully saturated rings. The van der Waals surface area contributed by atoms with E-state index in [0.29, 0.717) is 19.3 Å². The largest absolute Gasteiger partial charge is 0.488 e. The van der Waals surface area contributed by atoms with Crippen LogP contribution in [0.4, 0.5) is 0 Å². The van der Waals surface area contributed by atoms with E-state index in [9.17, 15) is 14.4 Å². The lowest BCUT2D eigenvalue weighted by Gasteiger charge is -2.22. The smallest absolute Gasteiger partial charge is 0.306 e. The van der Waals surface area contributed by atoms with Crippen molar-refractivity contribution in [3.63, 3.8) is 0 Å². The first-order valence-corrected chi connectivity index (χ1v) is 10.3. The van der Waals surface area contributed by atoms with Crippen LogP contribution >= 0.6 is 0 Å². The maximum Gasteiger partial charge on any atom is 0.306 e. The van der Waals surface area contributed by atoms with Crippen molar-refractivity contribution >= 4 is 18.3 Å². The third kappa shape index (κ3) is 10.8. The van der Waals surface area contributed by atoms with Gasteiger partial charge in [-0.2, -0.15) is 0 Å². The molecule has 30 heavy (non-hydrogen) atoms. The maximum atomic E-state index is 12.6. The van der Waals surface area contributed by atoms with Gasteiger partial charge in [-0.3, -0.25) is 14.4 Å². The number of hydrogen-bond donors (Lipinski definition) is 2. The minimum atomic E-state index is -0.708. The van der Waals surface area contributed by atoms with Crippen molar-refractivity contribution in [3.8, 4) is 5.75 Å². The molecule has 1 rings (SSSR count). The first kappa shape index (κ1) is 25.5. The van der Waals surface area contributed by atoms with Gasteiger partial charge in [-0.05, 0) is 72.6 Å². The van der Waals surface area contributed by atoms with Crippen molar-refractivity contribution in [2.75, 3.05) is 0 Å². The molecule has 2 atom stereocenters. The summed E-state index contributed by atoms with van der Waals surface area (Å²) in [6.45, 7) is 13.2. The van der Waals surface area contributed by atoms with E-state index in [0.717, 1.165) is 11.3 Å². The molecule has 2 N–H and O–H groups in total. The van der Waals surface area contributed by atoms with Gasteiger partial charge in [0, 0.05) is 18.9 Å². The molecule has 0 heterocycles. The predicted molar refractivity (Wildman–Crippen MR) is 116 cm³/mol. The Morgan fingerprint density at radius 2 is 1.63 bits per heavy atom. The molecule has 0 saturated heterocycles. The van der Waals surface area contributed by atoms with Crippen molar-refractivity contribution < 1.29 is 23.9 Å². The number of amides is 2. The minimum Gasteiger partial charge on any atom is -0.488 e. The quantitative estimate of drug-likeness (QED) is 0.448. The van der Waals surface area contributed by atoms with Crippen molar-refractivity contribution in [3.05, 3.63) is 29.8 Å². The lowest BCUT2D eigenvalue weighted by molar-refractivity contribution is -0.155. The molecule has 1 unspecified atom stereocenters. The SMILES string of the molecule is CC(CCC(=O)OC(C)(C)C)NC(=O)[C@H](Cc1ccc(OC(C)(C)C)cc1)NC=O. The van der Waals surface area contributed by atoms with E-state index in [2.05, 4.69) is 10.6 Å². The summed E-state index contributed by atoms with van der Waals surface area (Å²) in [4.78, 5) is 35.4. The molecule has 0 radical (unpaired) electrons. The second-order valence-corrected chi connectivity index (χ2v) is 9.43. The van der Waals surface area contributed by atoms with E-state index >= 15 is 0 Å². The van der Waals surface area contributed by atoms with Crippen molar-refractivity contribution in [2.24, 2.45) is 0 Å². The normalized spacial score (nSPS) is 13.7. The maximum absolute atomic E-state index is 12.6. The molecule has 0 saturated carbocycles. The van der Waals surface area contributed by atoms with Gasteiger partial charge in [0.25, 0.3) is 0 Å². The van der Waals surface area contributed by atoms with E-state index < -0.39 is 11.6 Å². The Kier molecular flexibility index (Phi) is 9.33. The van der Waals surface area contributed by atoms with Gasteiger partial charge in [0.05, 0.1) is 0 Å². The highest BCUT2D eigenvalue weighted by molar-refractivity contribution is 5.84. The van der Waals surface area contributed by atoms with Gasteiger partial charge in [-0.15, -0.1) is 0 Å². The lowest BCUT2D eigenvalue weighted by atomic mass is 10.0.